The molecule has 0 heterocycles. The summed E-state index contributed by atoms with van der Waals surface area (Å²) in [5, 5.41) is 0. The second kappa shape index (κ2) is 3.79. The van der Waals surface area contributed by atoms with E-state index in [1.165, 1.54) is 12.1 Å². The zero-order valence-corrected chi connectivity index (χ0v) is 9.38. The van der Waals surface area contributed by atoms with E-state index in [0.717, 1.165) is 18.1 Å². The standard InChI is InChI=1S/C13H15F3/c1-8(2)11-7-12(11)9-4-3-5-10(6-9)13(14,15)16/h3-6,8,11-12H,7H2,1-2H3/t11?,12-/m0/s1. The first-order valence-corrected chi connectivity index (χ1v) is 5.56. The number of hydrogen-bond donors (Lipinski definition) is 0. The van der Waals surface area contributed by atoms with Gasteiger partial charge in [0.2, 0.25) is 0 Å². The van der Waals surface area contributed by atoms with Crippen LogP contribution in [0.3, 0.4) is 0 Å². The molecule has 1 unspecified atom stereocenters. The third-order valence-electron chi connectivity index (χ3n) is 3.34. The van der Waals surface area contributed by atoms with E-state index in [2.05, 4.69) is 13.8 Å². The SMILES string of the molecule is CC(C)C1C[C@H]1c1cccc(C(F)(F)F)c1. The minimum absolute atomic E-state index is 0.335. The fraction of sp³-hybridized carbons (Fsp3) is 0.538. The van der Waals surface area contributed by atoms with Crippen molar-refractivity contribution < 1.29 is 13.2 Å². The van der Waals surface area contributed by atoms with Crippen molar-refractivity contribution in [3.63, 3.8) is 0 Å². The van der Waals surface area contributed by atoms with E-state index < -0.39 is 11.7 Å². The van der Waals surface area contributed by atoms with E-state index in [1.807, 2.05) is 6.07 Å². The molecule has 0 aliphatic heterocycles. The fourth-order valence-corrected chi connectivity index (χ4v) is 2.28. The summed E-state index contributed by atoms with van der Waals surface area (Å²) in [5.74, 6) is 1.45. The van der Waals surface area contributed by atoms with Crippen molar-refractivity contribution in [2.24, 2.45) is 11.8 Å². The second-order valence-corrected chi connectivity index (χ2v) is 4.87. The van der Waals surface area contributed by atoms with E-state index in [1.54, 1.807) is 0 Å². The molecule has 1 aromatic rings. The summed E-state index contributed by atoms with van der Waals surface area (Å²) in [7, 11) is 0. The van der Waals surface area contributed by atoms with Crippen molar-refractivity contribution >= 4 is 0 Å². The Morgan fingerprint density at radius 2 is 1.94 bits per heavy atom. The maximum absolute atomic E-state index is 12.5. The molecular weight excluding hydrogens is 213 g/mol. The van der Waals surface area contributed by atoms with Crippen LogP contribution >= 0.6 is 0 Å². The van der Waals surface area contributed by atoms with Crippen LogP contribution in [0, 0.1) is 11.8 Å². The van der Waals surface area contributed by atoms with Crippen LogP contribution in [0.15, 0.2) is 24.3 Å². The van der Waals surface area contributed by atoms with E-state index >= 15 is 0 Å². The van der Waals surface area contributed by atoms with Crippen LogP contribution in [-0.2, 0) is 6.18 Å². The van der Waals surface area contributed by atoms with Crippen molar-refractivity contribution in [2.45, 2.75) is 32.4 Å². The minimum Gasteiger partial charge on any atom is -0.166 e. The molecule has 1 saturated carbocycles. The van der Waals surface area contributed by atoms with Crippen LogP contribution in [0.5, 0.6) is 0 Å². The van der Waals surface area contributed by atoms with E-state index in [4.69, 9.17) is 0 Å². The predicted octanol–water partition coefficient (Wildman–Crippen LogP) is 4.46. The topological polar surface area (TPSA) is 0 Å². The first-order valence-electron chi connectivity index (χ1n) is 5.56. The van der Waals surface area contributed by atoms with Crippen LogP contribution in [0.4, 0.5) is 13.2 Å². The van der Waals surface area contributed by atoms with Gasteiger partial charge in [-0.25, -0.2) is 0 Å². The molecule has 1 aromatic carbocycles. The largest absolute Gasteiger partial charge is 0.416 e. The van der Waals surface area contributed by atoms with Crippen molar-refractivity contribution in [3.8, 4) is 0 Å². The first-order chi connectivity index (χ1) is 7.39. The Hall–Kier alpha value is -0.990. The summed E-state index contributed by atoms with van der Waals surface area (Å²) in [6.07, 6.45) is -3.20. The number of alkyl halides is 3. The molecular formula is C13H15F3. The van der Waals surface area contributed by atoms with E-state index in [-0.39, 0.29) is 0 Å². The Kier molecular flexibility index (Phi) is 2.72. The molecule has 2 atom stereocenters. The summed E-state index contributed by atoms with van der Waals surface area (Å²) in [5.41, 5.74) is 0.313. The zero-order valence-electron chi connectivity index (χ0n) is 9.38. The molecule has 0 N–H and O–H groups in total. The van der Waals surface area contributed by atoms with Gasteiger partial charge in [-0.05, 0) is 35.8 Å². The van der Waals surface area contributed by atoms with Crippen LogP contribution in [0.25, 0.3) is 0 Å². The van der Waals surface area contributed by atoms with Crippen LogP contribution < -0.4 is 0 Å². The third-order valence-corrected chi connectivity index (χ3v) is 3.34. The average Bonchev–Trinajstić information content (AvgIpc) is 2.96. The quantitative estimate of drug-likeness (QED) is 0.700. The van der Waals surface area contributed by atoms with E-state index in [0.29, 0.717) is 17.8 Å². The smallest absolute Gasteiger partial charge is 0.166 e. The van der Waals surface area contributed by atoms with Gasteiger partial charge < -0.3 is 0 Å². The number of hydrogen-bond acceptors (Lipinski definition) is 0. The Bertz CT molecular complexity index is 379. The highest BCUT2D eigenvalue weighted by molar-refractivity contribution is 5.32. The molecule has 2 rings (SSSR count). The Morgan fingerprint density at radius 1 is 1.25 bits per heavy atom. The predicted molar refractivity (Wildman–Crippen MR) is 57.1 cm³/mol. The zero-order chi connectivity index (χ0) is 11.9. The third kappa shape index (κ3) is 2.23. The van der Waals surface area contributed by atoms with Gasteiger partial charge >= 0.3 is 6.18 Å². The molecule has 0 amide bonds. The van der Waals surface area contributed by atoms with Gasteiger partial charge in [-0.1, -0.05) is 32.0 Å². The maximum atomic E-state index is 12.5. The van der Waals surface area contributed by atoms with Crippen LogP contribution in [-0.4, -0.2) is 0 Å². The minimum atomic E-state index is -4.22. The van der Waals surface area contributed by atoms with Crippen molar-refractivity contribution in [1.82, 2.24) is 0 Å². The van der Waals surface area contributed by atoms with Gasteiger partial charge in [-0.3, -0.25) is 0 Å². The van der Waals surface area contributed by atoms with Crippen LogP contribution in [0.2, 0.25) is 0 Å². The average molecular weight is 228 g/mol. The highest BCUT2D eigenvalue weighted by Gasteiger charge is 2.41. The van der Waals surface area contributed by atoms with Gasteiger partial charge in [0, 0.05) is 0 Å². The Balaban J connectivity index is 2.19. The molecule has 0 bridgehead atoms. The molecule has 1 aliphatic rings. The molecule has 1 aliphatic carbocycles. The molecule has 88 valence electrons. The molecule has 16 heavy (non-hydrogen) atoms. The van der Waals surface area contributed by atoms with Crippen LogP contribution in [0.1, 0.15) is 37.3 Å². The lowest BCUT2D eigenvalue weighted by Crippen LogP contribution is -2.05. The van der Waals surface area contributed by atoms with Crippen molar-refractivity contribution in [2.75, 3.05) is 0 Å². The number of halogens is 3. The summed E-state index contributed by atoms with van der Waals surface area (Å²) in [4.78, 5) is 0. The normalized spacial score (nSPS) is 24.9. The summed E-state index contributed by atoms with van der Waals surface area (Å²) in [6, 6.07) is 5.75. The lowest BCUT2D eigenvalue weighted by molar-refractivity contribution is -0.137. The Morgan fingerprint density at radius 3 is 2.44 bits per heavy atom. The monoisotopic (exact) mass is 228 g/mol. The molecule has 0 spiro atoms. The molecule has 3 heteroatoms. The Labute approximate surface area is 93.5 Å². The van der Waals surface area contributed by atoms with Gasteiger partial charge in [-0.15, -0.1) is 0 Å². The highest BCUT2D eigenvalue weighted by atomic mass is 19.4. The molecule has 0 aromatic heterocycles. The first kappa shape index (κ1) is 11.5. The summed E-state index contributed by atoms with van der Waals surface area (Å²) in [6.45, 7) is 4.25. The lowest BCUT2D eigenvalue weighted by atomic mass is 10.0. The van der Waals surface area contributed by atoms with Gasteiger partial charge in [-0.2, -0.15) is 13.2 Å². The maximum Gasteiger partial charge on any atom is 0.416 e. The molecule has 0 saturated heterocycles. The van der Waals surface area contributed by atoms with Gasteiger partial charge in [0.25, 0.3) is 0 Å². The lowest BCUT2D eigenvalue weighted by Gasteiger charge is -2.09. The molecule has 0 radical (unpaired) electrons. The molecule has 1 fully saturated rings. The second-order valence-electron chi connectivity index (χ2n) is 4.87. The van der Waals surface area contributed by atoms with Crippen molar-refractivity contribution in [3.05, 3.63) is 35.4 Å². The van der Waals surface area contributed by atoms with E-state index in [9.17, 15) is 13.2 Å². The van der Waals surface area contributed by atoms with Gasteiger partial charge in [0.1, 0.15) is 0 Å². The number of benzene rings is 1. The summed E-state index contributed by atoms with van der Waals surface area (Å²) < 4.78 is 37.5. The van der Waals surface area contributed by atoms with Crippen molar-refractivity contribution in [1.29, 1.82) is 0 Å². The molecule has 0 nitrogen and oxygen atoms in total. The highest BCUT2D eigenvalue weighted by Crippen LogP contribution is 2.52. The number of rotatable bonds is 2. The fourth-order valence-electron chi connectivity index (χ4n) is 2.28. The van der Waals surface area contributed by atoms with Gasteiger partial charge in [0.15, 0.2) is 0 Å². The van der Waals surface area contributed by atoms with Gasteiger partial charge in [0.05, 0.1) is 5.56 Å². The summed E-state index contributed by atoms with van der Waals surface area (Å²) >= 11 is 0.